The summed E-state index contributed by atoms with van der Waals surface area (Å²) in [4.78, 5) is 8.76. The van der Waals surface area contributed by atoms with Crippen molar-refractivity contribution in [1.82, 2.24) is 19.7 Å². The molecule has 0 unspecified atom stereocenters. The van der Waals surface area contributed by atoms with Gasteiger partial charge in [-0.05, 0) is 12.1 Å². The number of hydrogen-bond donors (Lipinski definition) is 0. The molecule has 6 heteroatoms. The molecule has 0 bridgehead atoms. The molecule has 20 heavy (non-hydrogen) atoms. The molecule has 0 radical (unpaired) electrons. The maximum Gasteiger partial charge on any atom is 0.164 e. The van der Waals surface area contributed by atoms with Crippen molar-refractivity contribution in [2.45, 2.75) is 0 Å². The maximum atomic E-state index is 6.08. The van der Waals surface area contributed by atoms with Crippen molar-refractivity contribution >= 4 is 23.2 Å². The number of benzene rings is 1. The summed E-state index contributed by atoms with van der Waals surface area (Å²) >= 11 is 12.0. The minimum atomic E-state index is 0.392. The predicted molar refractivity (Wildman–Crippen MR) is 79.7 cm³/mol. The van der Waals surface area contributed by atoms with Crippen molar-refractivity contribution in [2.75, 3.05) is 0 Å². The van der Waals surface area contributed by atoms with E-state index in [0.29, 0.717) is 16.0 Å². The van der Waals surface area contributed by atoms with Crippen LogP contribution in [0, 0.1) is 0 Å². The first-order valence-corrected chi connectivity index (χ1v) is 6.67. The lowest BCUT2D eigenvalue weighted by molar-refractivity contribution is 0.768. The second-order valence-electron chi connectivity index (χ2n) is 4.31. The fourth-order valence-corrected chi connectivity index (χ4v) is 2.16. The van der Waals surface area contributed by atoms with Crippen LogP contribution in [-0.2, 0) is 7.05 Å². The standard InChI is InChI=1S/C14H10Cl2N4/c1-20-8-10(7-17-20)14-18-12(6-13(16)19-14)9-2-4-11(15)5-3-9/h2-8H,1H3. The number of aromatic nitrogens is 4. The number of nitrogens with zero attached hydrogens (tertiary/aromatic N) is 4. The largest absolute Gasteiger partial charge is 0.275 e. The van der Waals surface area contributed by atoms with E-state index < -0.39 is 0 Å². The average Bonchev–Trinajstić information content (AvgIpc) is 2.85. The molecule has 0 amide bonds. The van der Waals surface area contributed by atoms with E-state index in [9.17, 15) is 0 Å². The van der Waals surface area contributed by atoms with Gasteiger partial charge in [-0.15, -0.1) is 0 Å². The molecule has 0 aliphatic heterocycles. The molecule has 100 valence electrons. The van der Waals surface area contributed by atoms with Gasteiger partial charge in [-0.2, -0.15) is 5.10 Å². The highest BCUT2D eigenvalue weighted by Crippen LogP contribution is 2.25. The van der Waals surface area contributed by atoms with Crippen LogP contribution in [0.5, 0.6) is 0 Å². The second-order valence-corrected chi connectivity index (χ2v) is 5.13. The van der Waals surface area contributed by atoms with Crippen LogP contribution in [0.25, 0.3) is 22.6 Å². The van der Waals surface area contributed by atoms with Crippen LogP contribution in [0.4, 0.5) is 0 Å². The third kappa shape index (κ3) is 2.66. The monoisotopic (exact) mass is 304 g/mol. The lowest BCUT2D eigenvalue weighted by Crippen LogP contribution is -1.92. The molecule has 0 fully saturated rings. The van der Waals surface area contributed by atoms with E-state index in [2.05, 4.69) is 15.1 Å². The lowest BCUT2D eigenvalue weighted by Gasteiger charge is -2.04. The molecule has 0 atom stereocenters. The van der Waals surface area contributed by atoms with Gasteiger partial charge in [-0.3, -0.25) is 4.68 Å². The van der Waals surface area contributed by atoms with Gasteiger partial charge in [-0.1, -0.05) is 35.3 Å². The summed E-state index contributed by atoms with van der Waals surface area (Å²) in [7, 11) is 1.84. The molecule has 0 aliphatic carbocycles. The first-order chi connectivity index (χ1) is 9.61. The Morgan fingerprint density at radius 2 is 1.75 bits per heavy atom. The fourth-order valence-electron chi connectivity index (χ4n) is 1.85. The highest BCUT2D eigenvalue weighted by molar-refractivity contribution is 6.30. The molecule has 0 aliphatic rings. The Morgan fingerprint density at radius 3 is 2.40 bits per heavy atom. The molecular formula is C14H10Cl2N4. The average molecular weight is 305 g/mol. The van der Waals surface area contributed by atoms with Crippen LogP contribution in [0.15, 0.2) is 42.7 Å². The molecule has 0 N–H and O–H groups in total. The zero-order valence-electron chi connectivity index (χ0n) is 10.6. The normalized spacial score (nSPS) is 10.8. The highest BCUT2D eigenvalue weighted by atomic mass is 35.5. The molecule has 3 aromatic rings. The van der Waals surface area contributed by atoms with E-state index in [0.717, 1.165) is 16.8 Å². The van der Waals surface area contributed by atoms with E-state index in [1.54, 1.807) is 16.9 Å². The van der Waals surface area contributed by atoms with Crippen LogP contribution in [0.1, 0.15) is 0 Å². The Labute approximate surface area is 126 Å². The van der Waals surface area contributed by atoms with Crippen molar-refractivity contribution in [3.63, 3.8) is 0 Å². The molecule has 0 saturated carbocycles. The van der Waals surface area contributed by atoms with Crippen molar-refractivity contribution in [3.8, 4) is 22.6 Å². The molecule has 0 saturated heterocycles. The van der Waals surface area contributed by atoms with E-state index in [1.807, 2.05) is 37.5 Å². The van der Waals surface area contributed by atoms with Gasteiger partial charge in [0.25, 0.3) is 0 Å². The van der Waals surface area contributed by atoms with Gasteiger partial charge in [0.2, 0.25) is 0 Å². The first-order valence-electron chi connectivity index (χ1n) is 5.91. The summed E-state index contributed by atoms with van der Waals surface area (Å²) in [6, 6.07) is 9.15. The molecule has 0 spiro atoms. The van der Waals surface area contributed by atoms with Crippen LogP contribution in [0.2, 0.25) is 10.2 Å². The zero-order chi connectivity index (χ0) is 14.1. The quantitative estimate of drug-likeness (QED) is 0.675. The van der Waals surface area contributed by atoms with Gasteiger partial charge in [0.05, 0.1) is 17.5 Å². The minimum absolute atomic E-state index is 0.392. The van der Waals surface area contributed by atoms with Gasteiger partial charge in [0.15, 0.2) is 5.82 Å². The van der Waals surface area contributed by atoms with Crippen LogP contribution < -0.4 is 0 Å². The Balaban J connectivity index is 2.09. The predicted octanol–water partition coefficient (Wildman–Crippen LogP) is 3.85. The SMILES string of the molecule is Cn1cc(-c2nc(Cl)cc(-c3ccc(Cl)cc3)n2)cn1. The van der Waals surface area contributed by atoms with E-state index in [1.165, 1.54) is 0 Å². The molecule has 3 rings (SSSR count). The highest BCUT2D eigenvalue weighted by Gasteiger charge is 2.09. The van der Waals surface area contributed by atoms with Gasteiger partial charge in [0.1, 0.15) is 5.15 Å². The van der Waals surface area contributed by atoms with Crippen molar-refractivity contribution in [3.05, 3.63) is 52.9 Å². The topological polar surface area (TPSA) is 43.6 Å². The van der Waals surface area contributed by atoms with E-state index >= 15 is 0 Å². The van der Waals surface area contributed by atoms with Crippen LogP contribution in [0.3, 0.4) is 0 Å². The molecular weight excluding hydrogens is 295 g/mol. The summed E-state index contributed by atoms with van der Waals surface area (Å²) in [6.07, 6.45) is 3.55. The van der Waals surface area contributed by atoms with E-state index in [-0.39, 0.29) is 0 Å². The summed E-state index contributed by atoms with van der Waals surface area (Å²) < 4.78 is 1.70. The summed E-state index contributed by atoms with van der Waals surface area (Å²) in [5.41, 5.74) is 2.51. The summed E-state index contributed by atoms with van der Waals surface area (Å²) in [5, 5.41) is 5.19. The zero-order valence-corrected chi connectivity index (χ0v) is 12.1. The first kappa shape index (κ1) is 13.1. The lowest BCUT2D eigenvalue weighted by atomic mass is 10.1. The van der Waals surface area contributed by atoms with Crippen molar-refractivity contribution in [1.29, 1.82) is 0 Å². The van der Waals surface area contributed by atoms with Crippen LogP contribution in [-0.4, -0.2) is 19.7 Å². The van der Waals surface area contributed by atoms with Gasteiger partial charge >= 0.3 is 0 Å². The molecule has 2 aromatic heterocycles. The maximum absolute atomic E-state index is 6.08. The van der Waals surface area contributed by atoms with Gasteiger partial charge in [-0.25, -0.2) is 9.97 Å². The van der Waals surface area contributed by atoms with Crippen LogP contribution >= 0.6 is 23.2 Å². The van der Waals surface area contributed by atoms with E-state index in [4.69, 9.17) is 23.2 Å². The number of halogens is 2. The third-order valence-electron chi connectivity index (χ3n) is 2.80. The summed E-state index contributed by atoms with van der Waals surface area (Å²) in [5.74, 6) is 0.551. The Hall–Kier alpha value is -1.91. The second kappa shape index (κ2) is 5.23. The van der Waals surface area contributed by atoms with Crippen molar-refractivity contribution < 1.29 is 0 Å². The Morgan fingerprint density at radius 1 is 1.00 bits per heavy atom. The summed E-state index contributed by atoms with van der Waals surface area (Å²) in [6.45, 7) is 0. The third-order valence-corrected chi connectivity index (χ3v) is 3.24. The molecule has 1 aromatic carbocycles. The van der Waals surface area contributed by atoms with Crippen molar-refractivity contribution in [2.24, 2.45) is 7.05 Å². The Kier molecular flexibility index (Phi) is 3.42. The fraction of sp³-hybridized carbons (Fsp3) is 0.0714. The minimum Gasteiger partial charge on any atom is -0.275 e. The number of hydrogen-bond acceptors (Lipinski definition) is 3. The Bertz CT molecular complexity index is 750. The number of aryl methyl sites for hydroxylation is 1. The molecule has 2 heterocycles. The smallest absolute Gasteiger partial charge is 0.164 e. The number of rotatable bonds is 2. The van der Waals surface area contributed by atoms with Gasteiger partial charge in [0, 0.05) is 29.9 Å². The molecule has 4 nitrogen and oxygen atoms in total. The van der Waals surface area contributed by atoms with Gasteiger partial charge < -0.3 is 0 Å².